The predicted molar refractivity (Wildman–Crippen MR) is 68.0 cm³/mol. The van der Waals surface area contributed by atoms with Gasteiger partial charge in [0.25, 0.3) is 0 Å². The van der Waals surface area contributed by atoms with Gasteiger partial charge in [-0.2, -0.15) is 15.0 Å². The molecule has 7 heteroatoms. The third kappa shape index (κ3) is 2.82. The molecule has 94 valence electrons. The number of rotatable bonds is 4. The average Bonchev–Trinajstić information content (AvgIpc) is 2.39. The van der Waals surface area contributed by atoms with E-state index in [9.17, 15) is 0 Å². The number of pyridine rings is 1. The summed E-state index contributed by atoms with van der Waals surface area (Å²) in [5.74, 6) is 1.55. The van der Waals surface area contributed by atoms with Gasteiger partial charge in [0.05, 0.1) is 6.20 Å². The normalized spacial score (nSPS) is 9.94. The Balaban J connectivity index is 2.30. The van der Waals surface area contributed by atoms with Crippen molar-refractivity contribution in [1.29, 1.82) is 0 Å². The van der Waals surface area contributed by atoms with Gasteiger partial charge in [0, 0.05) is 27.3 Å². The van der Waals surface area contributed by atoms with E-state index in [1.54, 1.807) is 36.5 Å². The van der Waals surface area contributed by atoms with Gasteiger partial charge in [0.2, 0.25) is 11.9 Å². The van der Waals surface area contributed by atoms with Crippen molar-refractivity contribution in [3.63, 3.8) is 0 Å². The maximum absolute atomic E-state index is 5.52. The summed E-state index contributed by atoms with van der Waals surface area (Å²) >= 11 is 0. The lowest BCUT2D eigenvalue weighted by Gasteiger charge is -2.12. The summed E-state index contributed by atoms with van der Waals surface area (Å²) in [4.78, 5) is 18.2. The summed E-state index contributed by atoms with van der Waals surface area (Å²) in [5.41, 5.74) is 0. The maximum Gasteiger partial charge on any atom is 0.328 e. The standard InChI is InChI=1S/C11H14N6O/c1-12-9-14-10(17(2)3)16-11(15-9)18-8-5-4-6-13-7-8/h4-7H,1-3H3,(H,12,14,15,16). The van der Waals surface area contributed by atoms with Crippen molar-refractivity contribution in [2.75, 3.05) is 31.4 Å². The van der Waals surface area contributed by atoms with Crippen molar-refractivity contribution in [2.24, 2.45) is 0 Å². The Morgan fingerprint density at radius 2 is 2.06 bits per heavy atom. The Hall–Kier alpha value is -2.44. The summed E-state index contributed by atoms with van der Waals surface area (Å²) in [7, 11) is 5.44. The Morgan fingerprint density at radius 3 is 2.67 bits per heavy atom. The van der Waals surface area contributed by atoms with Gasteiger partial charge in [-0.15, -0.1) is 0 Å². The molecule has 2 aromatic rings. The van der Waals surface area contributed by atoms with Crippen LogP contribution in [-0.4, -0.2) is 41.1 Å². The SMILES string of the molecule is CNc1nc(Oc2cccnc2)nc(N(C)C)n1. The number of hydrogen-bond acceptors (Lipinski definition) is 7. The second kappa shape index (κ2) is 5.26. The van der Waals surface area contributed by atoms with Crippen LogP contribution in [-0.2, 0) is 0 Å². The highest BCUT2D eigenvalue weighted by Gasteiger charge is 2.08. The van der Waals surface area contributed by atoms with Gasteiger partial charge in [0.1, 0.15) is 5.75 Å². The van der Waals surface area contributed by atoms with Crippen molar-refractivity contribution in [1.82, 2.24) is 19.9 Å². The first-order valence-electron chi connectivity index (χ1n) is 5.38. The highest BCUT2D eigenvalue weighted by Crippen LogP contribution is 2.19. The summed E-state index contributed by atoms with van der Waals surface area (Å²) in [6, 6.07) is 3.79. The third-order valence-electron chi connectivity index (χ3n) is 2.07. The van der Waals surface area contributed by atoms with Gasteiger partial charge in [-0.25, -0.2) is 0 Å². The maximum atomic E-state index is 5.52. The summed E-state index contributed by atoms with van der Waals surface area (Å²) in [6.45, 7) is 0. The quantitative estimate of drug-likeness (QED) is 0.867. The van der Waals surface area contributed by atoms with E-state index < -0.39 is 0 Å². The van der Waals surface area contributed by atoms with Crippen LogP contribution >= 0.6 is 0 Å². The number of nitrogens with one attached hydrogen (secondary N) is 1. The molecular weight excluding hydrogens is 232 g/mol. The summed E-state index contributed by atoms with van der Waals surface area (Å²) < 4.78 is 5.52. The van der Waals surface area contributed by atoms with E-state index in [2.05, 4.69) is 25.3 Å². The molecule has 0 saturated carbocycles. The molecule has 18 heavy (non-hydrogen) atoms. The molecule has 2 heterocycles. The minimum Gasteiger partial charge on any atom is -0.422 e. The Kier molecular flexibility index (Phi) is 3.52. The molecule has 0 radical (unpaired) electrons. The molecule has 0 aliphatic rings. The van der Waals surface area contributed by atoms with E-state index in [1.807, 2.05) is 14.1 Å². The van der Waals surface area contributed by atoms with Crippen molar-refractivity contribution >= 4 is 11.9 Å². The highest BCUT2D eigenvalue weighted by molar-refractivity contribution is 5.37. The number of hydrogen-bond donors (Lipinski definition) is 1. The minimum absolute atomic E-state index is 0.228. The van der Waals surface area contributed by atoms with E-state index in [1.165, 1.54) is 0 Å². The van der Waals surface area contributed by atoms with Gasteiger partial charge in [-0.1, -0.05) is 0 Å². The predicted octanol–water partition coefficient (Wildman–Crippen LogP) is 1.17. The van der Waals surface area contributed by atoms with Gasteiger partial charge in [-0.05, 0) is 12.1 Å². The van der Waals surface area contributed by atoms with E-state index in [4.69, 9.17) is 4.74 Å². The first-order chi connectivity index (χ1) is 8.69. The average molecular weight is 246 g/mol. The van der Waals surface area contributed by atoms with E-state index in [0.29, 0.717) is 17.6 Å². The molecule has 0 amide bonds. The fraction of sp³-hybridized carbons (Fsp3) is 0.273. The van der Waals surface area contributed by atoms with Gasteiger partial charge >= 0.3 is 6.01 Å². The van der Waals surface area contributed by atoms with Crippen LogP contribution in [0.15, 0.2) is 24.5 Å². The summed E-state index contributed by atoms with van der Waals surface area (Å²) in [5, 5.41) is 2.86. The lowest BCUT2D eigenvalue weighted by atomic mass is 10.5. The van der Waals surface area contributed by atoms with Gasteiger partial charge < -0.3 is 15.0 Å². The zero-order valence-corrected chi connectivity index (χ0v) is 10.5. The molecule has 0 fully saturated rings. The van der Waals surface area contributed by atoms with E-state index in [0.717, 1.165) is 0 Å². The Morgan fingerprint density at radius 1 is 1.22 bits per heavy atom. The molecule has 0 unspecified atom stereocenters. The van der Waals surface area contributed by atoms with Crippen molar-refractivity contribution < 1.29 is 4.74 Å². The zero-order chi connectivity index (χ0) is 13.0. The molecule has 0 aliphatic carbocycles. The molecule has 0 aromatic carbocycles. The fourth-order valence-electron chi connectivity index (χ4n) is 1.22. The minimum atomic E-state index is 0.228. The molecule has 0 saturated heterocycles. The van der Waals surface area contributed by atoms with Crippen LogP contribution in [0.4, 0.5) is 11.9 Å². The number of ether oxygens (including phenoxy) is 1. The molecule has 2 aromatic heterocycles. The Labute approximate surface area is 105 Å². The molecule has 2 rings (SSSR count). The van der Waals surface area contributed by atoms with Crippen LogP contribution < -0.4 is 15.0 Å². The third-order valence-corrected chi connectivity index (χ3v) is 2.07. The second-order valence-electron chi connectivity index (χ2n) is 3.68. The van der Waals surface area contributed by atoms with Crippen LogP contribution in [0.5, 0.6) is 11.8 Å². The first-order valence-corrected chi connectivity index (χ1v) is 5.38. The fourth-order valence-corrected chi connectivity index (χ4v) is 1.22. The lowest BCUT2D eigenvalue weighted by molar-refractivity contribution is 0.438. The van der Waals surface area contributed by atoms with Crippen LogP contribution in [0.1, 0.15) is 0 Å². The molecule has 0 aliphatic heterocycles. The molecule has 1 N–H and O–H groups in total. The van der Waals surface area contributed by atoms with Crippen LogP contribution in [0.2, 0.25) is 0 Å². The van der Waals surface area contributed by atoms with Crippen molar-refractivity contribution in [3.05, 3.63) is 24.5 Å². The molecule has 0 bridgehead atoms. The van der Waals surface area contributed by atoms with E-state index >= 15 is 0 Å². The van der Waals surface area contributed by atoms with E-state index in [-0.39, 0.29) is 6.01 Å². The largest absolute Gasteiger partial charge is 0.422 e. The highest BCUT2D eigenvalue weighted by atomic mass is 16.5. The monoisotopic (exact) mass is 246 g/mol. The van der Waals surface area contributed by atoms with Crippen molar-refractivity contribution in [3.8, 4) is 11.8 Å². The second-order valence-corrected chi connectivity index (χ2v) is 3.68. The number of nitrogens with zero attached hydrogens (tertiary/aromatic N) is 5. The van der Waals surface area contributed by atoms with Crippen LogP contribution in [0, 0.1) is 0 Å². The molecule has 7 nitrogen and oxygen atoms in total. The van der Waals surface area contributed by atoms with Crippen LogP contribution in [0.25, 0.3) is 0 Å². The zero-order valence-electron chi connectivity index (χ0n) is 10.5. The van der Waals surface area contributed by atoms with Gasteiger partial charge in [0.15, 0.2) is 0 Å². The van der Waals surface area contributed by atoms with Crippen LogP contribution in [0.3, 0.4) is 0 Å². The molecular formula is C11H14N6O. The van der Waals surface area contributed by atoms with Crippen molar-refractivity contribution in [2.45, 2.75) is 0 Å². The first kappa shape index (κ1) is 12.0. The summed E-state index contributed by atoms with van der Waals surface area (Å²) in [6.07, 6.45) is 3.27. The number of aromatic nitrogens is 4. The molecule has 0 spiro atoms. The van der Waals surface area contributed by atoms with Gasteiger partial charge in [-0.3, -0.25) is 4.98 Å². The lowest BCUT2D eigenvalue weighted by Crippen LogP contribution is -2.15. The topological polar surface area (TPSA) is 76.1 Å². The Bertz CT molecular complexity index is 516. The smallest absolute Gasteiger partial charge is 0.328 e. The molecule has 0 atom stereocenters. The number of anilines is 2.